The zero-order valence-electron chi connectivity index (χ0n) is 9.67. The summed E-state index contributed by atoms with van der Waals surface area (Å²) in [6.45, 7) is 4.66. The van der Waals surface area contributed by atoms with Gasteiger partial charge in [-0.15, -0.1) is 0 Å². The summed E-state index contributed by atoms with van der Waals surface area (Å²) in [5, 5.41) is 3.43. The molecule has 2 aromatic rings. The molecule has 1 N–H and O–H groups in total. The first-order valence-corrected chi connectivity index (χ1v) is 5.73. The molecule has 0 aliphatic heterocycles. The van der Waals surface area contributed by atoms with Gasteiger partial charge in [0.2, 0.25) is 5.95 Å². The molecule has 0 aliphatic rings. The second-order valence-electron chi connectivity index (χ2n) is 3.74. The molecule has 0 atom stereocenters. The maximum atomic E-state index is 13.5. The maximum Gasteiger partial charge on any atom is 0.207 e. The highest BCUT2D eigenvalue weighted by Gasteiger charge is 2.08. The quantitative estimate of drug-likeness (QED) is 0.903. The summed E-state index contributed by atoms with van der Waals surface area (Å²) in [6.07, 6.45) is 1.91. The van der Waals surface area contributed by atoms with Crippen molar-refractivity contribution in [1.29, 1.82) is 0 Å². The molecule has 0 fully saturated rings. The Balaban J connectivity index is 2.33. The van der Waals surface area contributed by atoms with Gasteiger partial charge in [-0.25, -0.2) is 9.37 Å². The van der Waals surface area contributed by atoms with Crippen molar-refractivity contribution in [3.63, 3.8) is 0 Å². The lowest BCUT2D eigenvalue weighted by Gasteiger charge is -2.08. The van der Waals surface area contributed by atoms with Gasteiger partial charge in [0.15, 0.2) is 0 Å². The molecule has 0 spiro atoms. The lowest BCUT2D eigenvalue weighted by Crippen LogP contribution is -2.02. The summed E-state index contributed by atoms with van der Waals surface area (Å²) in [7, 11) is 0. The molecule has 0 unspecified atom stereocenters. The lowest BCUT2D eigenvalue weighted by atomic mass is 10.3. The van der Waals surface area contributed by atoms with Crippen LogP contribution in [0, 0.1) is 12.7 Å². The van der Waals surface area contributed by atoms with E-state index in [1.54, 1.807) is 6.07 Å². The largest absolute Gasteiger partial charge is 0.323 e. The van der Waals surface area contributed by atoms with Crippen molar-refractivity contribution in [2.75, 3.05) is 5.32 Å². The van der Waals surface area contributed by atoms with E-state index >= 15 is 0 Å². The predicted molar refractivity (Wildman–Crippen MR) is 67.3 cm³/mol. The van der Waals surface area contributed by atoms with Crippen molar-refractivity contribution in [2.24, 2.45) is 0 Å². The smallest absolute Gasteiger partial charge is 0.207 e. The Morgan fingerprint density at radius 1 is 1.47 bits per heavy atom. The summed E-state index contributed by atoms with van der Waals surface area (Å²) in [6, 6.07) is 4.39. The third kappa shape index (κ3) is 2.58. The molecule has 0 saturated carbocycles. The second kappa shape index (κ2) is 4.75. The second-order valence-corrected chi connectivity index (χ2v) is 4.18. The van der Waals surface area contributed by atoms with Gasteiger partial charge in [-0.3, -0.25) is 0 Å². The van der Waals surface area contributed by atoms with Crippen molar-refractivity contribution < 1.29 is 4.39 Å². The highest BCUT2D eigenvalue weighted by atomic mass is 35.5. The summed E-state index contributed by atoms with van der Waals surface area (Å²) in [5.41, 5.74) is 1.22. The Hall–Kier alpha value is -1.55. The van der Waals surface area contributed by atoms with Crippen LogP contribution in [-0.2, 0) is 6.54 Å². The number of rotatable bonds is 3. The number of halogens is 2. The van der Waals surface area contributed by atoms with Gasteiger partial charge in [-0.05, 0) is 32.0 Å². The Kier molecular flexibility index (Phi) is 3.33. The molecule has 1 aromatic heterocycles. The molecule has 2 rings (SSSR count). The molecular formula is C12H13ClFN3. The Bertz CT molecular complexity index is 537. The molecule has 0 aliphatic carbocycles. The van der Waals surface area contributed by atoms with E-state index < -0.39 is 0 Å². The topological polar surface area (TPSA) is 29.9 Å². The number of nitrogens with zero attached hydrogens (tertiary/aromatic N) is 2. The molecule has 90 valence electrons. The summed E-state index contributed by atoms with van der Waals surface area (Å²) < 4.78 is 15.5. The van der Waals surface area contributed by atoms with Crippen LogP contribution in [0.3, 0.4) is 0 Å². The van der Waals surface area contributed by atoms with Crippen molar-refractivity contribution in [1.82, 2.24) is 9.55 Å². The minimum atomic E-state index is -0.349. The first kappa shape index (κ1) is 11.9. The first-order valence-electron chi connectivity index (χ1n) is 5.36. The van der Waals surface area contributed by atoms with Crippen LogP contribution in [0.25, 0.3) is 0 Å². The van der Waals surface area contributed by atoms with E-state index in [4.69, 9.17) is 11.6 Å². The third-order valence-electron chi connectivity index (χ3n) is 2.41. The Morgan fingerprint density at radius 3 is 2.94 bits per heavy atom. The lowest BCUT2D eigenvalue weighted by molar-refractivity contribution is 0.631. The van der Waals surface area contributed by atoms with Gasteiger partial charge in [-0.1, -0.05) is 11.6 Å². The predicted octanol–water partition coefficient (Wildman–Crippen LogP) is 3.75. The van der Waals surface area contributed by atoms with E-state index in [2.05, 4.69) is 10.3 Å². The third-order valence-corrected chi connectivity index (χ3v) is 2.65. The maximum absolute atomic E-state index is 13.5. The monoisotopic (exact) mass is 253 g/mol. The molecule has 5 heteroatoms. The Labute approximate surface area is 104 Å². The van der Waals surface area contributed by atoms with Crippen LogP contribution in [0.2, 0.25) is 5.02 Å². The van der Waals surface area contributed by atoms with Crippen LogP contribution in [0.5, 0.6) is 0 Å². The minimum Gasteiger partial charge on any atom is -0.323 e. The number of hydrogen-bond donors (Lipinski definition) is 1. The van der Waals surface area contributed by atoms with E-state index in [1.165, 1.54) is 12.1 Å². The molecular weight excluding hydrogens is 241 g/mol. The standard InChI is InChI=1S/C12H13ClFN3/c1-3-17-7-8(2)15-12(17)16-11-6-9(13)4-5-10(11)14/h4-7H,3H2,1-2H3,(H,15,16). The average molecular weight is 254 g/mol. The van der Waals surface area contributed by atoms with Crippen molar-refractivity contribution >= 4 is 23.2 Å². The zero-order valence-corrected chi connectivity index (χ0v) is 10.4. The Morgan fingerprint density at radius 2 is 2.24 bits per heavy atom. The highest BCUT2D eigenvalue weighted by molar-refractivity contribution is 6.30. The van der Waals surface area contributed by atoms with Gasteiger partial charge >= 0.3 is 0 Å². The number of nitrogens with one attached hydrogen (secondary N) is 1. The zero-order chi connectivity index (χ0) is 12.4. The van der Waals surface area contributed by atoms with Gasteiger partial charge in [0.25, 0.3) is 0 Å². The summed E-state index contributed by atoms with van der Waals surface area (Å²) in [4.78, 5) is 4.29. The van der Waals surface area contributed by atoms with E-state index in [1.807, 2.05) is 24.6 Å². The summed E-state index contributed by atoms with van der Waals surface area (Å²) >= 11 is 5.83. The fourth-order valence-electron chi connectivity index (χ4n) is 1.60. The minimum absolute atomic E-state index is 0.331. The van der Waals surface area contributed by atoms with Crippen LogP contribution in [-0.4, -0.2) is 9.55 Å². The number of aryl methyl sites for hydroxylation is 2. The van der Waals surface area contributed by atoms with E-state index in [0.29, 0.717) is 16.7 Å². The molecule has 0 bridgehead atoms. The number of imidazole rings is 1. The van der Waals surface area contributed by atoms with Crippen molar-refractivity contribution in [3.8, 4) is 0 Å². The van der Waals surface area contributed by atoms with E-state index in [0.717, 1.165) is 12.2 Å². The van der Waals surface area contributed by atoms with Crippen LogP contribution in [0.15, 0.2) is 24.4 Å². The fraction of sp³-hybridized carbons (Fsp3) is 0.250. The summed E-state index contributed by atoms with van der Waals surface area (Å²) in [5.74, 6) is 0.267. The van der Waals surface area contributed by atoms with E-state index in [9.17, 15) is 4.39 Å². The van der Waals surface area contributed by atoms with Crippen molar-refractivity contribution in [2.45, 2.75) is 20.4 Å². The van der Waals surface area contributed by atoms with Gasteiger partial charge in [0.05, 0.1) is 11.4 Å². The highest BCUT2D eigenvalue weighted by Crippen LogP contribution is 2.23. The first-order chi connectivity index (χ1) is 8.10. The molecule has 3 nitrogen and oxygen atoms in total. The van der Waals surface area contributed by atoms with Gasteiger partial charge in [-0.2, -0.15) is 0 Å². The normalized spacial score (nSPS) is 10.6. The fourth-order valence-corrected chi connectivity index (χ4v) is 1.77. The number of anilines is 2. The van der Waals surface area contributed by atoms with Crippen LogP contribution < -0.4 is 5.32 Å². The molecule has 17 heavy (non-hydrogen) atoms. The van der Waals surface area contributed by atoms with E-state index in [-0.39, 0.29) is 5.82 Å². The number of benzene rings is 1. The number of aromatic nitrogens is 2. The van der Waals surface area contributed by atoms with Gasteiger partial charge in [0, 0.05) is 17.8 Å². The molecule has 1 aromatic carbocycles. The van der Waals surface area contributed by atoms with Crippen molar-refractivity contribution in [3.05, 3.63) is 40.9 Å². The molecule has 0 saturated heterocycles. The average Bonchev–Trinajstić information content (AvgIpc) is 2.64. The molecule has 0 radical (unpaired) electrons. The van der Waals surface area contributed by atoms with Crippen LogP contribution in [0.4, 0.5) is 16.0 Å². The molecule has 1 heterocycles. The van der Waals surface area contributed by atoms with Crippen LogP contribution in [0.1, 0.15) is 12.6 Å². The molecule has 0 amide bonds. The SMILES string of the molecule is CCn1cc(C)nc1Nc1cc(Cl)ccc1F. The number of hydrogen-bond acceptors (Lipinski definition) is 2. The van der Waals surface area contributed by atoms with Gasteiger partial charge in [0.1, 0.15) is 5.82 Å². The van der Waals surface area contributed by atoms with Gasteiger partial charge < -0.3 is 9.88 Å². The van der Waals surface area contributed by atoms with Crippen LogP contribution >= 0.6 is 11.6 Å².